The molecule has 3 aromatic rings. The lowest BCUT2D eigenvalue weighted by molar-refractivity contribution is -0.135. The minimum Gasteiger partial charge on any atom is -0.481 e. The van der Waals surface area contributed by atoms with Crippen molar-refractivity contribution in [3.05, 3.63) is 107 Å². The van der Waals surface area contributed by atoms with Gasteiger partial charge in [-0.05, 0) is 67.3 Å². The zero-order valence-electron chi connectivity index (χ0n) is 20.4. The van der Waals surface area contributed by atoms with E-state index in [-0.39, 0.29) is 17.8 Å². The van der Waals surface area contributed by atoms with E-state index in [0.29, 0.717) is 17.2 Å². The van der Waals surface area contributed by atoms with E-state index < -0.39 is 11.8 Å². The number of carboxylic acids is 1. The molecule has 0 aromatic heterocycles. The Labute approximate surface area is 205 Å². The monoisotopic (exact) mass is 472 g/mol. The van der Waals surface area contributed by atoms with Crippen molar-refractivity contribution in [3.8, 4) is 11.1 Å². The Balaban J connectivity index is 1.91. The molecule has 0 saturated heterocycles. The van der Waals surface area contributed by atoms with E-state index in [1.807, 2.05) is 31.2 Å². The molecule has 0 aliphatic heterocycles. The van der Waals surface area contributed by atoms with Gasteiger partial charge in [-0.15, -0.1) is 0 Å². The third-order valence-electron chi connectivity index (χ3n) is 5.64. The van der Waals surface area contributed by atoms with Crippen LogP contribution in [0.2, 0.25) is 0 Å². The third kappa shape index (κ3) is 6.03. The van der Waals surface area contributed by atoms with Gasteiger partial charge < -0.3 is 15.2 Å². The molecule has 0 spiro atoms. The number of hydrogen-bond acceptors (Lipinski definition) is 4. The molecule has 0 aliphatic rings. The second-order valence-corrected chi connectivity index (χ2v) is 8.06. The van der Waals surface area contributed by atoms with E-state index >= 15 is 0 Å². The second kappa shape index (κ2) is 11.3. The fourth-order valence-corrected chi connectivity index (χ4v) is 3.80. The molecule has 0 unspecified atom stereocenters. The van der Waals surface area contributed by atoms with E-state index in [1.165, 1.54) is 17.2 Å². The summed E-state index contributed by atoms with van der Waals surface area (Å²) < 4.78 is 20.4. The molecular formula is C29H29FN2O3. The number of allylic oxidation sites excluding steroid dienone is 1. The van der Waals surface area contributed by atoms with Crippen LogP contribution in [0, 0.1) is 19.7 Å². The smallest absolute Gasteiger partial charge is 0.322 e. The van der Waals surface area contributed by atoms with Crippen molar-refractivity contribution in [2.45, 2.75) is 20.8 Å². The van der Waals surface area contributed by atoms with Gasteiger partial charge in [0.1, 0.15) is 12.4 Å². The van der Waals surface area contributed by atoms with Gasteiger partial charge in [0.2, 0.25) is 5.90 Å². The maximum Gasteiger partial charge on any atom is 0.322 e. The summed E-state index contributed by atoms with van der Waals surface area (Å²) in [7, 11) is 1.55. The van der Waals surface area contributed by atoms with Crippen molar-refractivity contribution in [2.75, 3.05) is 13.7 Å². The Morgan fingerprint density at radius 2 is 1.74 bits per heavy atom. The molecule has 6 heteroatoms. The fourth-order valence-electron chi connectivity index (χ4n) is 3.80. The fraction of sp³-hybridized carbons (Fsp3) is 0.172. The van der Waals surface area contributed by atoms with Crippen LogP contribution in [0.4, 0.5) is 4.39 Å². The molecule has 0 bridgehead atoms. The van der Waals surface area contributed by atoms with Gasteiger partial charge in [0, 0.05) is 22.4 Å². The topological polar surface area (TPSA) is 70.9 Å². The molecule has 0 fully saturated rings. The average Bonchev–Trinajstić information content (AvgIpc) is 2.84. The number of carbonyl (C=O) groups is 1. The van der Waals surface area contributed by atoms with Crippen molar-refractivity contribution >= 4 is 23.3 Å². The molecule has 0 aliphatic carbocycles. The molecule has 180 valence electrons. The van der Waals surface area contributed by atoms with Gasteiger partial charge in [-0.2, -0.15) is 0 Å². The zero-order chi connectivity index (χ0) is 25.5. The Morgan fingerprint density at radius 1 is 1.06 bits per heavy atom. The van der Waals surface area contributed by atoms with Crippen molar-refractivity contribution in [1.29, 1.82) is 0 Å². The van der Waals surface area contributed by atoms with Gasteiger partial charge in [-0.1, -0.05) is 49.1 Å². The maximum atomic E-state index is 14.8. The molecule has 3 rings (SSSR count). The SMILES string of the molecule is C=C(NCC(=O)O)c1ccc(C(=CC)/N=C(\OC)c2ccc(-c3ccccc3C)c(C)c2)cc1F. The number of methoxy groups -OCH3 is 1. The molecule has 2 N–H and O–H groups in total. The first kappa shape index (κ1) is 25.4. The van der Waals surface area contributed by atoms with Crippen molar-refractivity contribution in [1.82, 2.24) is 5.32 Å². The summed E-state index contributed by atoms with van der Waals surface area (Å²) in [6.45, 7) is 9.33. The van der Waals surface area contributed by atoms with Crippen molar-refractivity contribution < 1.29 is 19.0 Å². The van der Waals surface area contributed by atoms with Crippen LogP contribution in [0.25, 0.3) is 22.5 Å². The number of nitrogens with one attached hydrogen (secondary N) is 1. The van der Waals surface area contributed by atoms with Crippen LogP contribution in [0.5, 0.6) is 0 Å². The standard InChI is InChI=1S/C29H29FN2O3/c1-6-27(21-11-14-25(26(30)16-21)20(4)31-17-28(33)34)32-29(35-5)22-12-13-24(19(3)15-22)23-10-8-7-9-18(23)2/h6-16,31H,4,17H2,1-3,5H3,(H,33,34)/b27-6?,32-29-. The minimum absolute atomic E-state index is 0.198. The highest BCUT2D eigenvalue weighted by molar-refractivity contribution is 5.98. The van der Waals surface area contributed by atoms with E-state index in [9.17, 15) is 9.18 Å². The third-order valence-corrected chi connectivity index (χ3v) is 5.64. The van der Waals surface area contributed by atoms with Gasteiger partial charge in [0.15, 0.2) is 0 Å². The molecule has 35 heavy (non-hydrogen) atoms. The number of aliphatic imine (C=N–C) groups is 1. The summed E-state index contributed by atoms with van der Waals surface area (Å²) >= 11 is 0. The van der Waals surface area contributed by atoms with Gasteiger partial charge in [0.05, 0.1) is 12.8 Å². The first-order valence-corrected chi connectivity index (χ1v) is 11.2. The van der Waals surface area contributed by atoms with E-state index in [1.54, 1.807) is 25.3 Å². The van der Waals surface area contributed by atoms with Gasteiger partial charge in [-0.25, -0.2) is 9.38 Å². The van der Waals surface area contributed by atoms with Gasteiger partial charge >= 0.3 is 5.97 Å². The number of benzene rings is 3. The Morgan fingerprint density at radius 3 is 2.34 bits per heavy atom. The van der Waals surface area contributed by atoms with E-state index in [0.717, 1.165) is 16.7 Å². The highest BCUT2D eigenvalue weighted by Crippen LogP contribution is 2.28. The lowest BCUT2D eigenvalue weighted by atomic mass is 9.95. The lowest BCUT2D eigenvalue weighted by Crippen LogP contribution is -2.21. The Bertz CT molecular complexity index is 1330. The van der Waals surface area contributed by atoms with Crippen LogP contribution >= 0.6 is 0 Å². The molecule has 3 aromatic carbocycles. The summed E-state index contributed by atoms with van der Waals surface area (Å²) in [4.78, 5) is 15.4. The molecule has 0 heterocycles. The van der Waals surface area contributed by atoms with E-state index in [4.69, 9.17) is 9.84 Å². The number of aryl methyl sites for hydroxylation is 2. The zero-order valence-corrected chi connectivity index (χ0v) is 20.4. The Hall–Kier alpha value is -4.19. The van der Waals surface area contributed by atoms with Gasteiger partial charge in [0.25, 0.3) is 0 Å². The summed E-state index contributed by atoms with van der Waals surface area (Å²) in [5.74, 6) is -1.17. The predicted octanol–water partition coefficient (Wildman–Crippen LogP) is 6.21. The minimum atomic E-state index is -1.05. The molecule has 0 saturated carbocycles. The second-order valence-electron chi connectivity index (χ2n) is 8.06. The number of hydrogen-bond donors (Lipinski definition) is 2. The number of carboxylic acid groups (broad SMARTS) is 1. The normalized spacial score (nSPS) is 11.8. The summed E-state index contributed by atoms with van der Waals surface area (Å²) in [6.07, 6.45) is 1.78. The van der Waals surface area contributed by atoms with Crippen molar-refractivity contribution in [2.24, 2.45) is 4.99 Å². The lowest BCUT2D eigenvalue weighted by Gasteiger charge is -2.13. The number of aliphatic carboxylic acids is 1. The number of ether oxygens (including phenoxy) is 1. The van der Waals surface area contributed by atoms with Crippen LogP contribution in [-0.4, -0.2) is 30.6 Å². The average molecular weight is 473 g/mol. The highest BCUT2D eigenvalue weighted by atomic mass is 19.1. The van der Waals surface area contributed by atoms with Crippen LogP contribution in [0.1, 0.15) is 34.7 Å². The largest absolute Gasteiger partial charge is 0.481 e. The quantitative estimate of drug-likeness (QED) is 0.302. The molecule has 0 amide bonds. The number of rotatable bonds is 8. The van der Waals surface area contributed by atoms with Crippen LogP contribution < -0.4 is 5.32 Å². The van der Waals surface area contributed by atoms with Crippen LogP contribution in [-0.2, 0) is 9.53 Å². The van der Waals surface area contributed by atoms with Crippen LogP contribution in [0.15, 0.2) is 78.3 Å². The molecular weight excluding hydrogens is 443 g/mol. The predicted molar refractivity (Wildman–Crippen MR) is 140 cm³/mol. The van der Waals surface area contributed by atoms with Crippen molar-refractivity contribution in [3.63, 3.8) is 0 Å². The first-order valence-electron chi connectivity index (χ1n) is 11.2. The summed E-state index contributed by atoms with van der Waals surface area (Å²) in [5, 5.41) is 11.4. The molecule has 0 atom stereocenters. The maximum absolute atomic E-state index is 14.8. The molecule has 0 radical (unpaired) electrons. The number of halogens is 1. The summed E-state index contributed by atoms with van der Waals surface area (Å²) in [5.41, 5.74) is 6.91. The molecule has 5 nitrogen and oxygen atoms in total. The van der Waals surface area contributed by atoms with Gasteiger partial charge in [-0.3, -0.25) is 4.79 Å². The summed E-state index contributed by atoms with van der Waals surface area (Å²) in [6, 6.07) is 18.9. The van der Waals surface area contributed by atoms with E-state index in [2.05, 4.69) is 48.9 Å². The highest BCUT2D eigenvalue weighted by Gasteiger charge is 2.13. The van der Waals surface area contributed by atoms with Crippen LogP contribution in [0.3, 0.4) is 0 Å². The Kier molecular flexibility index (Phi) is 8.21. The number of nitrogens with zero attached hydrogens (tertiary/aromatic N) is 1. The first-order chi connectivity index (χ1) is 16.7.